The van der Waals surface area contributed by atoms with Gasteiger partial charge in [0, 0.05) is 25.6 Å². The van der Waals surface area contributed by atoms with Crippen molar-refractivity contribution in [2.24, 2.45) is 11.8 Å². The van der Waals surface area contributed by atoms with Crippen LogP contribution >= 0.6 is 0 Å². The molecule has 1 aliphatic heterocycles. The van der Waals surface area contributed by atoms with Crippen molar-refractivity contribution in [3.05, 3.63) is 84.3 Å². The molecule has 4 N–H and O–H groups in total. The van der Waals surface area contributed by atoms with Gasteiger partial charge in [0.05, 0.1) is 12.2 Å². The van der Waals surface area contributed by atoms with Crippen molar-refractivity contribution in [3.8, 4) is 0 Å². The molecule has 0 bridgehead atoms. The second-order valence-corrected chi connectivity index (χ2v) is 7.96. The normalized spacial score (nSPS) is 20.8. The lowest BCUT2D eigenvalue weighted by Gasteiger charge is -2.30. The number of benzene rings is 1. The Balaban J connectivity index is 1.57. The average Bonchev–Trinajstić information content (AvgIpc) is 2.96. The molecule has 1 atom stereocenters. The quantitative estimate of drug-likeness (QED) is 0.212. The largest absolute Gasteiger partial charge is 0.509 e. The molecule has 30 heavy (non-hydrogen) atoms. The van der Waals surface area contributed by atoms with Gasteiger partial charge in [0.1, 0.15) is 11.6 Å². The Kier molecular flexibility index (Phi) is 7.63. The third-order valence-electron chi connectivity index (χ3n) is 5.75. The summed E-state index contributed by atoms with van der Waals surface area (Å²) in [5.74, 6) is 6.41. The van der Waals surface area contributed by atoms with Gasteiger partial charge in [0.15, 0.2) is 0 Å². The Bertz CT molecular complexity index is 829. The zero-order valence-corrected chi connectivity index (χ0v) is 17.6. The van der Waals surface area contributed by atoms with Gasteiger partial charge in [0.2, 0.25) is 0 Å². The molecule has 0 spiro atoms. The maximum absolute atomic E-state index is 10.7. The van der Waals surface area contributed by atoms with Gasteiger partial charge in [-0.25, -0.2) is 5.84 Å². The number of allylic oxidation sites excluding steroid dienone is 4. The van der Waals surface area contributed by atoms with E-state index < -0.39 is 0 Å². The van der Waals surface area contributed by atoms with E-state index in [2.05, 4.69) is 47.2 Å². The zero-order chi connectivity index (χ0) is 21.5. The van der Waals surface area contributed by atoms with E-state index >= 15 is 0 Å². The number of rotatable bonds is 7. The number of aliphatic hydroxyl groups is 1. The Morgan fingerprint density at radius 2 is 1.87 bits per heavy atom. The monoisotopic (exact) mass is 407 g/mol. The van der Waals surface area contributed by atoms with Crippen LogP contribution in [-0.2, 0) is 6.54 Å². The van der Waals surface area contributed by atoms with Gasteiger partial charge in [-0.1, -0.05) is 49.1 Å². The van der Waals surface area contributed by atoms with Crippen molar-refractivity contribution in [2.45, 2.75) is 19.4 Å². The van der Waals surface area contributed by atoms with Crippen molar-refractivity contribution in [3.63, 3.8) is 0 Å². The minimum Gasteiger partial charge on any atom is -0.509 e. The van der Waals surface area contributed by atoms with E-state index in [0.717, 1.165) is 44.7 Å². The molecule has 6 heteroatoms. The van der Waals surface area contributed by atoms with Gasteiger partial charge in [-0.15, -0.1) is 6.58 Å². The summed E-state index contributed by atoms with van der Waals surface area (Å²) in [6, 6.07) is 10.5. The third kappa shape index (κ3) is 5.48. The van der Waals surface area contributed by atoms with Crippen molar-refractivity contribution in [1.29, 1.82) is 5.41 Å². The van der Waals surface area contributed by atoms with Gasteiger partial charge in [-0.3, -0.25) is 20.2 Å². The summed E-state index contributed by atoms with van der Waals surface area (Å²) >= 11 is 0. The maximum Gasteiger partial charge on any atom is 0.129 e. The Morgan fingerprint density at radius 1 is 1.17 bits per heavy atom. The summed E-state index contributed by atoms with van der Waals surface area (Å²) in [7, 11) is 0. The maximum atomic E-state index is 10.7. The minimum absolute atomic E-state index is 0.152. The van der Waals surface area contributed by atoms with Gasteiger partial charge < -0.3 is 5.11 Å². The van der Waals surface area contributed by atoms with E-state index in [4.69, 9.17) is 11.3 Å². The van der Waals surface area contributed by atoms with E-state index in [-0.39, 0.29) is 17.5 Å². The summed E-state index contributed by atoms with van der Waals surface area (Å²) < 4.78 is 0. The van der Waals surface area contributed by atoms with Gasteiger partial charge in [-0.05, 0) is 43.1 Å². The number of nitrogens with one attached hydrogen (secondary N) is 1. The van der Waals surface area contributed by atoms with E-state index in [0.29, 0.717) is 18.7 Å². The molecule has 1 aromatic carbocycles. The molecule has 1 aromatic rings. The van der Waals surface area contributed by atoms with Gasteiger partial charge in [0.25, 0.3) is 0 Å². The average molecular weight is 408 g/mol. The molecule has 1 fully saturated rings. The molecule has 0 radical (unpaired) electrons. The molecule has 0 aromatic heterocycles. The van der Waals surface area contributed by atoms with Crippen molar-refractivity contribution in [2.75, 3.05) is 32.7 Å². The van der Waals surface area contributed by atoms with Crippen LogP contribution in [0.25, 0.3) is 0 Å². The summed E-state index contributed by atoms with van der Waals surface area (Å²) in [6.45, 7) is 13.0. The van der Waals surface area contributed by atoms with Crippen LogP contribution in [0.4, 0.5) is 0 Å². The highest BCUT2D eigenvalue weighted by Crippen LogP contribution is 2.30. The van der Waals surface area contributed by atoms with Gasteiger partial charge >= 0.3 is 0 Å². The van der Waals surface area contributed by atoms with Crippen molar-refractivity contribution >= 4 is 5.84 Å². The molecule has 1 heterocycles. The molecule has 0 saturated carbocycles. The minimum atomic E-state index is -0.230. The van der Waals surface area contributed by atoms with Crippen LogP contribution in [0, 0.1) is 11.3 Å². The highest BCUT2D eigenvalue weighted by atomic mass is 16.3. The lowest BCUT2D eigenvalue weighted by atomic mass is 9.89. The molecule has 1 aliphatic carbocycles. The Labute approximate surface area is 179 Å². The molecule has 1 saturated heterocycles. The highest BCUT2D eigenvalue weighted by Gasteiger charge is 2.26. The van der Waals surface area contributed by atoms with E-state index in [1.165, 1.54) is 10.6 Å². The summed E-state index contributed by atoms with van der Waals surface area (Å²) in [6.07, 6.45) is 6.98. The molecule has 3 rings (SSSR count). The first-order chi connectivity index (χ1) is 14.5. The molecular weight excluding hydrogens is 374 g/mol. The van der Waals surface area contributed by atoms with Crippen LogP contribution in [0.1, 0.15) is 18.4 Å². The summed E-state index contributed by atoms with van der Waals surface area (Å²) in [5.41, 5.74) is 2.61. The van der Waals surface area contributed by atoms with E-state index in [1.807, 2.05) is 12.1 Å². The second kappa shape index (κ2) is 10.4. The van der Waals surface area contributed by atoms with Crippen LogP contribution < -0.4 is 5.84 Å². The number of aliphatic hydroxyl groups excluding tert-OH is 1. The van der Waals surface area contributed by atoms with E-state index in [9.17, 15) is 5.11 Å². The standard InChI is InChI=1S/C24H33N5O/c1-3-8-21-19(2)11-12-22(24(21)30)29(26)23(25)18-28-14-7-13-27(15-16-28)17-20-9-5-4-6-10-20/h3-6,9-12,21,25,30H,1-2,7-8,13-18,26H2. The van der Waals surface area contributed by atoms with Crippen LogP contribution in [0.5, 0.6) is 0 Å². The van der Waals surface area contributed by atoms with Crippen LogP contribution in [0.3, 0.4) is 0 Å². The van der Waals surface area contributed by atoms with Crippen LogP contribution in [-0.4, -0.2) is 58.5 Å². The smallest absolute Gasteiger partial charge is 0.129 e. The first-order valence-corrected chi connectivity index (χ1v) is 10.5. The molecule has 2 aliphatic rings. The predicted molar refractivity (Wildman–Crippen MR) is 123 cm³/mol. The fourth-order valence-corrected chi connectivity index (χ4v) is 3.99. The third-order valence-corrected chi connectivity index (χ3v) is 5.75. The molecule has 1 unspecified atom stereocenters. The SMILES string of the molecule is C=CCC1C(=C)C=CC(N(N)C(=N)CN2CCCN(Cc3ccccc3)CC2)=C1O. The second-order valence-electron chi connectivity index (χ2n) is 7.96. The number of amidine groups is 1. The molecular formula is C24H33N5O. The van der Waals surface area contributed by atoms with Gasteiger partial charge in [-0.2, -0.15) is 0 Å². The Hall–Kier alpha value is -2.67. The number of nitrogens with two attached hydrogens (primary N) is 1. The van der Waals surface area contributed by atoms with Crippen molar-refractivity contribution < 1.29 is 5.11 Å². The zero-order valence-electron chi connectivity index (χ0n) is 17.6. The summed E-state index contributed by atoms with van der Waals surface area (Å²) in [4.78, 5) is 4.72. The van der Waals surface area contributed by atoms with Crippen molar-refractivity contribution in [1.82, 2.24) is 14.8 Å². The lowest BCUT2D eigenvalue weighted by molar-refractivity contribution is 0.261. The molecule has 0 amide bonds. The lowest BCUT2D eigenvalue weighted by Crippen LogP contribution is -2.45. The predicted octanol–water partition coefficient (Wildman–Crippen LogP) is 3.44. The Morgan fingerprint density at radius 3 is 2.60 bits per heavy atom. The van der Waals surface area contributed by atoms with E-state index in [1.54, 1.807) is 12.2 Å². The molecule has 160 valence electrons. The first kappa shape index (κ1) is 22.0. The fraction of sp³-hybridized carbons (Fsp3) is 0.375. The number of hydrogen-bond acceptors (Lipinski definition) is 5. The fourth-order valence-electron chi connectivity index (χ4n) is 3.99. The number of nitrogens with zero attached hydrogens (tertiary/aromatic N) is 3. The number of hydrazine groups is 1. The summed E-state index contributed by atoms with van der Waals surface area (Å²) in [5, 5.41) is 20.4. The highest BCUT2D eigenvalue weighted by molar-refractivity contribution is 5.83. The topological polar surface area (TPSA) is 79.8 Å². The number of hydrogen-bond donors (Lipinski definition) is 3. The van der Waals surface area contributed by atoms with Crippen LogP contribution in [0.15, 0.2) is 78.7 Å². The molecule has 6 nitrogen and oxygen atoms in total. The first-order valence-electron chi connectivity index (χ1n) is 10.5. The van der Waals surface area contributed by atoms with Crippen LogP contribution in [0.2, 0.25) is 0 Å².